The maximum absolute atomic E-state index is 13.6. The molecule has 0 saturated carbocycles. The second-order valence-corrected chi connectivity index (χ2v) is 13.8. The zero-order chi connectivity index (χ0) is 37.0. The zero-order valence-corrected chi connectivity index (χ0v) is 30.4. The summed E-state index contributed by atoms with van der Waals surface area (Å²) in [5.41, 5.74) is 7.16. The summed E-state index contributed by atoms with van der Waals surface area (Å²) in [6.45, 7) is 1.33. The predicted octanol–water partition coefficient (Wildman–Crippen LogP) is 7.63. The molecule has 2 aliphatic heterocycles. The van der Waals surface area contributed by atoms with Gasteiger partial charge in [0.15, 0.2) is 12.2 Å². The molecule has 54 heavy (non-hydrogen) atoms. The Bertz CT molecular complexity index is 2030. The Labute approximate surface area is 314 Å². The average Bonchev–Trinajstić information content (AvgIpc) is 4.07. The second kappa shape index (κ2) is 15.6. The highest BCUT2D eigenvalue weighted by Gasteiger charge is 2.37. The number of rotatable bonds is 11. The summed E-state index contributed by atoms with van der Waals surface area (Å²) in [6.07, 6.45) is 7.67. The molecule has 0 bridgehead atoms. The van der Waals surface area contributed by atoms with Crippen molar-refractivity contribution in [3.05, 3.63) is 138 Å². The number of ether oxygens (including phenoxy) is 2. The summed E-state index contributed by atoms with van der Waals surface area (Å²) < 4.78 is 11.3. The van der Waals surface area contributed by atoms with Crippen LogP contribution in [0.5, 0.6) is 0 Å². The van der Waals surface area contributed by atoms with Crippen molar-refractivity contribution in [3.8, 4) is 33.8 Å². The number of carbonyl (C=O) groups excluding carboxylic acids is 2. The lowest BCUT2D eigenvalue weighted by Gasteiger charge is -2.27. The molecule has 8 rings (SSSR count). The van der Waals surface area contributed by atoms with Gasteiger partial charge >= 0.3 is 0 Å². The van der Waals surface area contributed by atoms with Gasteiger partial charge in [0, 0.05) is 44.6 Å². The minimum atomic E-state index is -0.654. The minimum absolute atomic E-state index is 0.0490. The molecule has 0 spiro atoms. The van der Waals surface area contributed by atoms with E-state index in [2.05, 4.69) is 34.2 Å². The summed E-state index contributed by atoms with van der Waals surface area (Å²) in [7, 11) is 3.15. The van der Waals surface area contributed by atoms with E-state index in [1.807, 2.05) is 101 Å². The van der Waals surface area contributed by atoms with E-state index >= 15 is 0 Å². The number of hydrogen-bond donors (Lipinski definition) is 2. The molecule has 2 aliphatic rings. The van der Waals surface area contributed by atoms with Crippen molar-refractivity contribution >= 4 is 11.8 Å². The molecule has 4 atom stereocenters. The van der Waals surface area contributed by atoms with Crippen LogP contribution in [0.25, 0.3) is 33.8 Å². The molecule has 5 heterocycles. The van der Waals surface area contributed by atoms with Crippen LogP contribution in [0.15, 0.2) is 116 Å². The molecule has 11 nitrogen and oxygen atoms in total. The fraction of sp³-hybridized carbons (Fsp3) is 0.279. The standard InChI is InChI=1S/C43H43N7O4/c1-53-38(30-11-5-3-6-12-30)42(51)49-23-9-15-36(49)40-45-26-34(47-40)29-19-17-28(18-20-29)33-22-21-32(25-44-33)35-27-46-41(48-35)37-16-10-24-50(37)43(52)39(54-2)31-13-7-4-8-14-31/h3-8,11-14,17-22,25-27,36-39H,9-10,15-16,23-24H2,1-2H3,(H,45,47)(H,46,48)/t36?,37?,38-,39-/m0/s1. The number of imidazole rings is 2. The number of aromatic amines is 2. The van der Waals surface area contributed by atoms with E-state index in [-0.39, 0.29) is 23.9 Å². The number of benzene rings is 3. The van der Waals surface area contributed by atoms with Crippen molar-refractivity contribution in [2.45, 2.75) is 50.0 Å². The smallest absolute Gasteiger partial charge is 0.256 e. The molecule has 2 fully saturated rings. The SMILES string of the molecule is CO[C@H](C(=O)N1CCCC1c1ncc(-c2ccc(-c3ccc(-c4cnc(C5CCCN5C(=O)[C@@H](OC)c5ccccc5)[nH]4)cn3)cc2)[nH]1)c1ccccc1. The van der Waals surface area contributed by atoms with E-state index < -0.39 is 12.2 Å². The van der Waals surface area contributed by atoms with Crippen molar-refractivity contribution in [2.75, 3.05) is 27.3 Å². The fourth-order valence-corrected chi connectivity index (χ4v) is 7.80. The Morgan fingerprint density at radius 2 is 1.06 bits per heavy atom. The van der Waals surface area contributed by atoms with Crippen LogP contribution < -0.4 is 0 Å². The second-order valence-electron chi connectivity index (χ2n) is 13.8. The molecule has 11 heteroatoms. The first-order chi connectivity index (χ1) is 26.5. The molecule has 6 aromatic rings. The molecule has 274 valence electrons. The van der Waals surface area contributed by atoms with Gasteiger partial charge in [0.2, 0.25) is 0 Å². The molecule has 2 unspecified atom stereocenters. The first-order valence-corrected chi connectivity index (χ1v) is 18.5. The number of amides is 2. The molecule has 2 amide bonds. The van der Waals surface area contributed by atoms with Crippen molar-refractivity contribution < 1.29 is 19.1 Å². The minimum Gasteiger partial charge on any atom is -0.367 e. The maximum atomic E-state index is 13.6. The molecule has 3 aromatic heterocycles. The number of aromatic nitrogens is 5. The molecule has 2 N–H and O–H groups in total. The Kier molecular flexibility index (Phi) is 10.1. The van der Waals surface area contributed by atoms with Crippen molar-refractivity contribution in [3.63, 3.8) is 0 Å². The van der Waals surface area contributed by atoms with E-state index in [4.69, 9.17) is 24.4 Å². The van der Waals surface area contributed by atoms with Gasteiger partial charge in [0.1, 0.15) is 11.6 Å². The van der Waals surface area contributed by atoms with Gasteiger partial charge in [-0.05, 0) is 54.5 Å². The highest BCUT2D eigenvalue weighted by Crippen LogP contribution is 2.36. The van der Waals surface area contributed by atoms with Gasteiger partial charge in [0.05, 0.1) is 41.6 Å². The first-order valence-electron chi connectivity index (χ1n) is 18.5. The summed E-state index contributed by atoms with van der Waals surface area (Å²) in [5, 5.41) is 0. The number of carbonyl (C=O) groups is 2. The third-order valence-corrected chi connectivity index (χ3v) is 10.6. The van der Waals surface area contributed by atoms with Gasteiger partial charge in [-0.15, -0.1) is 0 Å². The monoisotopic (exact) mass is 721 g/mol. The van der Waals surface area contributed by atoms with Crippen LogP contribution in [0.3, 0.4) is 0 Å². The lowest BCUT2D eigenvalue weighted by Crippen LogP contribution is -2.35. The summed E-state index contributed by atoms with van der Waals surface area (Å²) >= 11 is 0. The van der Waals surface area contributed by atoms with Gasteiger partial charge in [-0.1, -0.05) is 84.9 Å². The van der Waals surface area contributed by atoms with E-state index in [9.17, 15) is 9.59 Å². The molecular weight excluding hydrogens is 679 g/mol. The number of hydrogen-bond acceptors (Lipinski definition) is 7. The largest absolute Gasteiger partial charge is 0.367 e. The predicted molar refractivity (Wildman–Crippen MR) is 205 cm³/mol. The van der Waals surface area contributed by atoms with E-state index in [1.165, 1.54) is 0 Å². The van der Waals surface area contributed by atoms with Gasteiger partial charge in [0.25, 0.3) is 11.8 Å². The number of H-pyrrole nitrogens is 2. The van der Waals surface area contributed by atoms with Gasteiger partial charge < -0.3 is 29.2 Å². The Morgan fingerprint density at radius 1 is 0.593 bits per heavy atom. The number of likely N-dealkylation sites (tertiary alicyclic amines) is 2. The summed E-state index contributed by atoms with van der Waals surface area (Å²) in [4.78, 5) is 52.1. The Balaban J connectivity index is 0.924. The van der Waals surface area contributed by atoms with Gasteiger partial charge in [-0.25, -0.2) is 9.97 Å². The maximum Gasteiger partial charge on any atom is 0.256 e. The van der Waals surface area contributed by atoms with Crippen molar-refractivity contribution in [2.24, 2.45) is 0 Å². The van der Waals surface area contributed by atoms with Crippen LogP contribution in [0.4, 0.5) is 0 Å². The lowest BCUT2D eigenvalue weighted by atomic mass is 10.1. The number of nitrogens with zero attached hydrogens (tertiary/aromatic N) is 5. The van der Waals surface area contributed by atoms with Crippen LogP contribution in [0.2, 0.25) is 0 Å². The Morgan fingerprint density at radius 3 is 1.52 bits per heavy atom. The lowest BCUT2D eigenvalue weighted by molar-refractivity contribution is -0.144. The van der Waals surface area contributed by atoms with Crippen LogP contribution in [-0.4, -0.2) is 73.8 Å². The topological polar surface area (TPSA) is 129 Å². The summed E-state index contributed by atoms with van der Waals surface area (Å²) in [6, 6.07) is 31.2. The van der Waals surface area contributed by atoms with E-state index in [0.29, 0.717) is 13.1 Å². The highest BCUT2D eigenvalue weighted by atomic mass is 16.5. The number of nitrogens with one attached hydrogen (secondary N) is 2. The van der Waals surface area contributed by atoms with E-state index in [0.717, 1.165) is 82.2 Å². The van der Waals surface area contributed by atoms with E-state index in [1.54, 1.807) is 14.2 Å². The van der Waals surface area contributed by atoms with Gasteiger partial charge in [-0.2, -0.15) is 0 Å². The van der Waals surface area contributed by atoms with Crippen LogP contribution >= 0.6 is 0 Å². The highest BCUT2D eigenvalue weighted by molar-refractivity contribution is 5.83. The zero-order valence-electron chi connectivity index (χ0n) is 30.4. The van der Waals surface area contributed by atoms with Crippen LogP contribution in [0.1, 0.15) is 72.8 Å². The molecule has 3 aromatic carbocycles. The number of pyridine rings is 1. The Hall–Kier alpha value is -5.91. The average molecular weight is 722 g/mol. The normalized spacial score (nSPS) is 18.2. The third-order valence-electron chi connectivity index (χ3n) is 10.6. The van der Waals surface area contributed by atoms with Crippen LogP contribution in [0, 0.1) is 0 Å². The fourth-order valence-electron chi connectivity index (χ4n) is 7.80. The van der Waals surface area contributed by atoms with Gasteiger partial charge in [-0.3, -0.25) is 14.6 Å². The molecular formula is C43H43N7O4. The molecule has 0 radical (unpaired) electrons. The molecule has 2 saturated heterocycles. The molecule has 0 aliphatic carbocycles. The first kappa shape index (κ1) is 35.1. The number of methoxy groups -OCH3 is 2. The third kappa shape index (κ3) is 6.95. The van der Waals surface area contributed by atoms with Crippen molar-refractivity contribution in [1.82, 2.24) is 34.7 Å². The van der Waals surface area contributed by atoms with Crippen molar-refractivity contribution in [1.29, 1.82) is 0 Å². The van der Waals surface area contributed by atoms with Crippen LogP contribution in [-0.2, 0) is 19.1 Å². The quantitative estimate of drug-likeness (QED) is 0.141. The summed E-state index contributed by atoms with van der Waals surface area (Å²) in [5.74, 6) is 1.44.